The number of ether oxygens (including phenoxy) is 1. The van der Waals surface area contributed by atoms with Gasteiger partial charge in [0, 0.05) is 18.5 Å². The van der Waals surface area contributed by atoms with Crippen LogP contribution in [-0.4, -0.2) is 24.5 Å². The van der Waals surface area contributed by atoms with Crippen LogP contribution < -0.4 is 10.1 Å². The number of hydrogen-bond acceptors (Lipinski definition) is 3. The summed E-state index contributed by atoms with van der Waals surface area (Å²) in [5.74, 6) is 1.16. The van der Waals surface area contributed by atoms with Crippen molar-refractivity contribution >= 4 is 17.3 Å². The van der Waals surface area contributed by atoms with Gasteiger partial charge in [-0.15, -0.1) is 11.6 Å². The van der Waals surface area contributed by atoms with E-state index in [1.807, 2.05) is 24.3 Å². The van der Waals surface area contributed by atoms with Crippen molar-refractivity contribution in [1.82, 2.24) is 4.98 Å². The summed E-state index contributed by atoms with van der Waals surface area (Å²) >= 11 is 5.48. The molecule has 4 heteroatoms. The molecule has 1 aromatic heterocycles. The minimum Gasteiger partial charge on any atom is -0.481 e. The van der Waals surface area contributed by atoms with Crippen molar-refractivity contribution in [3.05, 3.63) is 30.5 Å². The molecule has 0 radical (unpaired) electrons. The summed E-state index contributed by atoms with van der Waals surface area (Å²) in [5.41, 5.74) is 0.963. The maximum Gasteiger partial charge on any atom is 0.213 e. The van der Waals surface area contributed by atoms with Gasteiger partial charge in [-0.2, -0.15) is 0 Å². The Bertz CT molecular complexity index is 285. The number of methoxy groups -OCH3 is 1. The van der Waals surface area contributed by atoms with Crippen LogP contribution in [0.15, 0.2) is 30.5 Å². The Hall–Kier alpha value is -1.22. The number of nitrogens with zero attached hydrogens (tertiary/aromatic N) is 1. The third kappa shape index (κ3) is 3.66. The molecule has 1 heterocycles. The van der Waals surface area contributed by atoms with E-state index >= 15 is 0 Å². The van der Waals surface area contributed by atoms with Gasteiger partial charge in [-0.3, -0.25) is 0 Å². The van der Waals surface area contributed by atoms with E-state index < -0.39 is 0 Å². The van der Waals surface area contributed by atoms with Crippen LogP contribution in [0.2, 0.25) is 0 Å². The molecule has 1 rings (SSSR count). The first kappa shape index (κ1) is 10.9. The van der Waals surface area contributed by atoms with Crippen LogP contribution in [0.5, 0.6) is 5.88 Å². The van der Waals surface area contributed by atoms with Crippen molar-refractivity contribution in [2.24, 2.45) is 0 Å². The molecule has 0 amide bonds. The van der Waals surface area contributed by atoms with E-state index in [1.54, 1.807) is 13.3 Å². The van der Waals surface area contributed by atoms with Crippen molar-refractivity contribution in [1.29, 1.82) is 0 Å². The van der Waals surface area contributed by atoms with E-state index in [-0.39, 0.29) is 0 Å². The zero-order chi connectivity index (χ0) is 10.2. The van der Waals surface area contributed by atoms with Gasteiger partial charge in [0.05, 0.1) is 19.0 Å². The molecular formula is C10H13ClN2O. The maximum atomic E-state index is 5.48. The highest BCUT2D eigenvalue weighted by Crippen LogP contribution is 2.10. The Labute approximate surface area is 88.8 Å². The van der Waals surface area contributed by atoms with Gasteiger partial charge in [-0.05, 0) is 6.07 Å². The van der Waals surface area contributed by atoms with Gasteiger partial charge in [-0.25, -0.2) is 4.98 Å². The molecule has 76 valence electrons. The highest BCUT2D eigenvalue weighted by molar-refractivity contribution is 6.18. The van der Waals surface area contributed by atoms with E-state index in [1.165, 1.54) is 0 Å². The standard InChI is InChI=1S/C10H13ClN2O/c1-14-10-5-4-9(8-13-10)12-7-3-2-6-11/h2-5,8,12H,6-7H2,1H3/b3-2+. The van der Waals surface area contributed by atoms with Crippen LogP contribution in [0, 0.1) is 0 Å². The Kier molecular flexibility index (Phi) is 4.86. The minimum absolute atomic E-state index is 0.544. The molecule has 0 aliphatic carbocycles. The van der Waals surface area contributed by atoms with Gasteiger partial charge in [-0.1, -0.05) is 12.2 Å². The third-order valence-electron chi connectivity index (χ3n) is 1.63. The summed E-state index contributed by atoms with van der Waals surface area (Å²) in [6.45, 7) is 0.751. The number of pyridine rings is 1. The molecule has 3 nitrogen and oxygen atoms in total. The molecule has 0 aliphatic rings. The Morgan fingerprint density at radius 3 is 2.93 bits per heavy atom. The molecule has 0 aliphatic heterocycles. The maximum absolute atomic E-state index is 5.48. The number of aromatic nitrogens is 1. The molecule has 0 bridgehead atoms. The van der Waals surface area contributed by atoms with Crippen molar-refractivity contribution in [2.75, 3.05) is 24.9 Å². The van der Waals surface area contributed by atoms with Crippen LogP contribution in [0.3, 0.4) is 0 Å². The lowest BCUT2D eigenvalue weighted by Crippen LogP contribution is -1.98. The Morgan fingerprint density at radius 2 is 2.36 bits per heavy atom. The van der Waals surface area contributed by atoms with Crippen molar-refractivity contribution in [3.63, 3.8) is 0 Å². The van der Waals surface area contributed by atoms with E-state index in [2.05, 4.69) is 10.3 Å². The van der Waals surface area contributed by atoms with Gasteiger partial charge in [0.15, 0.2) is 0 Å². The van der Waals surface area contributed by atoms with Crippen LogP contribution >= 0.6 is 11.6 Å². The molecule has 14 heavy (non-hydrogen) atoms. The fourth-order valence-corrected chi connectivity index (χ4v) is 1.05. The third-order valence-corrected chi connectivity index (χ3v) is 1.80. The van der Waals surface area contributed by atoms with Crippen molar-refractivity contribution in [3.8, 4) is 5.88 Å². The van der Waals surface area contributed by atoms with E-state index in [0.29, 0.717) is 11.8 Å². The fourth-order valence-electron chi connectivity index (χ4n) is 0.929. The summed E-state index contributed by atoms with van der Waals surface area (Å²) in [7, 11) is 1.60. The normalized spacial score (nSPS) is 10.4. The van der Waals surface area contributed by atoms with Crippen molar-refractivity contribution < 1.29 is 4.74 Å². The summed E-state index contributed by atoms with van der Waals surface area (Å²) in [4.78, 5) is 4.06. The second kappa shape index (κ2) is 6.27. The Morgan fingerprint density at radius 1 is 1.50 bits per heavy atom. The fraction of sp³-hybridized carbons (Fsp3) is 0.300. The number of nitrogens with one attached hydrogen (secondary N) is 1. The second-order valence-electron chi connectivity index (χ2n) is 2.60. The topological polar surface area (TPSA) is 34.1 Å². The number of anilines is 1. The summed E-state index contributed by atoms with van der Waals surface area (Å²) in [6.07, 6.45) is 5.59. The summed E-state index contributed by atoms with van der Waals surface area (Å²) < 4.78 is 4.94. The number of halogens is 1. The predicted octanol–water partition coefficient (Wildman–Crippen LogP) is 2.30. The average molecular weight is 213 g/mol. The van der Waals surface area contributed by atoms with Crippen LogP contribution in [-0.2, 0) is 0 Å². The minimum atomic E-state index is 0.544. The quantitative estimate of drug-likeness (QED) is 0.601. The van der Waals surface area contributed by atoms with Crippen molar-refractivity contribution in [2.45, 2.75) is 0 Å². The molecule has 0 atom stereocenters. The highest BCUT2D eigenvalue weighted by Gasteiger charge is 1.92. The average Bonchev–Trinajstić information content (AvgIpc) is 2.25. The molecule has 0 saturated carbocycles. The molecular weight excluding hydrogens is 200 g/mol. The van der Waals surface area contributed by atoms with Gasteiger partial charge < -0.3 is 10.1 Å². The largest absolute Gasteiger partial charge is 0.481 e. The first-order chi connectivity index (χ1) is 6.86. The van der Waals surface area contributed by atoms with E-state index in [4.69, 9.17) is 16.3 Å². The SMILES string of the molecule is COc1ccc(NC/C=C/CCl)cn1. The molecule has 0 spiro atoms. The second-order valence-corrected chi connectivity index (χ2v) is 2.90. The lowest BCUT2D eigenvalue weighted by Gasteiger charge is -2.03. The van der Waals surface area contributed by atoms with E-state index in [0.717, 1.165) is 12.2 Å². The van der Waals surface area contributed by atoms with Gasteiger partial charge >= 0.3 is 0 Å². The first-order valence-corrected chi connectivity index (χ1v) is 4.85. The molecule has 0 fully saturated rings. The zero-order valence-electron chi connectivity index (χ0n) is 8.03. The highest BCUT2D eigenvalue weighted by atomic mass is 35.5. The van der Waals surface area contributed by atoms with Crippen LogP contribution in [0.25, 0.3) is 0 Å². The number of hydrogen-bond donors (Lipinski definition) is 1. The molecule has 0 unspecified atom stereocenters. The van der Waals surface area contributed by atoms with Crippen LogP contribution in [0.1, 0.15) is 0 Å². The smallest absolute Gasteiger partial charge is 0.213 e. The molecule has 0 saturated heterocycles. The van der Waals surface area contributed by atoms with Gasteiger partial charge in [0.1, 0.15) is 0 Å². The number of rotatable bonds is 5. The summed E-state index contributed by atoms with van der Waals surface area (Å²) in [6, 6.07) is 3.73. The predicted molar refractivity (Wildman–Crippen MR) is 59.1 cm³/mol. The van der Waals surface area contributed by atoms with Gasteiger partial charge in [0.2, 0.25) is 5.88 Å². The zero-order valence-corrected chi connectivity index (χ0v) is 8.79. The van der Waals surface area contributed by atoms with Crippen LogP contribution in [0.4, 0.5) is 5.69 Å². The Balaban J connectivity index is 2.40. The molecule has 0 aromatic carbocycles. The number of allylic oxidation sites excluding steroid dienone is 1. The van der Waals surface area contributed by atoms with Gasteiger partial charge in [0.25, 0.3) is 0 Å². The monoisotopic (exact) mass is 212 g/mol. The lowest BCUT2D eigenvalue weighted by atomic mass is 10.4. The summed E-state index contributed by atoms with van der Waals surface area (Å²) in [5, 5.41) is 3.17. The van der Waals surface area contributed by atoms with E-state index in [9.17, 15) is 0 Å². The molecule has 1 N–H and O–H groups in total. The lowest BCUT2D eigenvalue weighted by molar-refractivity contribution is 0.398. The number of alkyl halides is 1. The molecule has 1 aromatic rings. The first-order valence-electron chi connectivity index (χ1n) is 4.31.